The molecule has 2 heteroatoms. The molecule has 0 rings (SSSR count). The summed E-state index contributed by atoms with van der Waals surface area (Å²) in [5.74, 6) is 0.657. The maximum atomic E-state index is 9.41. The third-order valence-corrected chi connectivity index (χ3v) is 1.98. The van der Waals surface area contributed by atoms with Crippen LogP contribution in [0.25, 0.3) is 0 Å². The van der Waals surface area contributed by atoms with E-state index in [0.717, 1.165) is 12.8 Å². The molecule has 0 radical (unpaired) electrons. The number of aliphatic hydroxyl groups excluding tert-OH is 2. The Balaban J connectivity index is 3.43. The minimum atomic E-state index is -0.331. The first-order chi connectivity index (χ1) is 5.07. The number of aliphatic hydroxyl groups is 2. The monoisotopic (exact) mass is 160 g/mol. The zero-order valence-corrected chi connectivity index (χ0v) is 7.75. The highest BCUT2D eigenvalue weighted by molar-refractivity contribution is 4.63. The van der Waals surface area contributed by atoms with Crippen molar-refractivity contribution in [2.24, 2.45) is 11.8 Å². The number of hydrogen-bond acceptors (Lipinski definition) is 2. The van der Waals surface area contributed by atoms with Gasteiger partial charge in [-0.25, -0.2) is 0 Å². The Kier molecular flexibility index (Phi) is 5.51. The summed E-state index contributed by atoms with van der Waals surface area (Å²) in [7, 11) is 0. The predicted molar refractivity (Wildman–Crippen MR) is 46.3 cm³/mol. The predicted octanol–water partition coefficient (Wildman–Crippen LogP) is 1.41. The second-order valence-electron chi connectivity index (χ2n) is 3.70. The Morgan fingerprint density at radius 1 is 1.09 bits per heavy atom. The van der Waals surface area contributed by atoms with E-state index in [4.69, 9.17) is 5.11 Å². The molecule has 0 aliphatic heterocycles. The average Bonchev–Trinajstić information content (AvgIpc) is 1.98. The van der Waals surface area contributed by atoms with Gasteiger partial charge in [0.1, 0.15) is 0 Å². The molecule has 11 heavy (non-hydrogen) atoms. The van der Waals surface area contributed by atoms with Crippen molar-refractivity contribution < 1.29 is 10.2 Å². The Hall–Kier alpha value is -0.0800. The highest BCUT2D eigenvalue weighted by Gasteiger charge is 2.12. The lowest BCUT2D eigenvalue weighted by Crippen LogP contribution is -2.21. The molecule has 0 amide bonds. The van der Waals surface area contributed by atoms with Crippen LogP contribution in [-0.2, 0) is 0 Å². The zero-order chi connectivity index (χ0) is 8.85. The Morgan fingerprint density at radius 3 is 2.00 bits per heavy atom. The second-order valence-corrected chi connectivity index (χ2v) is 3.70. The molecule has 2 atom stereocenters. The molecule has 0 aliphatic rings. The van der Waals surface area contributed by atoms with Crippen LogP contribution < -0.4 is 0 Å². The molecule has 0 aromatic heterocycles. The first-order valence-corrected chi connectivity index (χ1v) is 4.36. The molecule has 0 saturated carbocycles. The van der Waals surface area contributed by atoms with Gasteiger partial charge in [0.25, 0.3) is 0 Å². The normalized spacial score (nSPS) is 16.9. The van der Waals surface area contributed by atoms with Crippen LogP contribution in [0.2, 0.25) is 0 Å². The quantitative estimate of drug-likeness (QED) is 0.638. The fourth-order valence-electron chi connectivity index (χ4n) is 0.910. The highest BCUT2D eigenvalue weighted by atomic mass is 16.3. The van der Waals surface area contributed by atoms with Crippen LogP contribution in [-0.4, -0.2) is 22.9 Å². The van der Waals surface area contributed by atoms with E-state index in [9.17, 15) is 5.11 Å². The average molecular weight is 160 g/mol. The molecule has 0 unspecified atom stereocenters. The van der Waals surface area contributed by atoms with Crippen molar-refractivity contribution >= 4 is 0 Å². The molecule has 0 spiro atoms. The summed E-state index contributed by atoms with van der Waals surface area (Å²) in [5.41, 5.74) is 0. The summed E-state index contributed by atoms with van der Waals surface area (Å²) < 4.78 is 0. The van der Waals surface area contributed by atoms with Gasteiger partial charge in [-0.05, 0) is 18.8 Å². The lowest BCUT2D eigenvalue weighted by molar-refractivity contribution is 0.0664. The topological polar surface area (TPSA) is 40.5 Å². The van der Waals surface area contributed by atoms with Crippen molar-refractivity contribution in [3.05, 3.63) is 0 Å². The van der Waals surface area contributed by atoms with E-state index < -0.39 is 0 Å². The fraction of sp³-hybridized carbons (Fsp3) is 1.00. The molecular weight excluding hydrogens is 140 g/mol. The van der Waals surface area contributed by atoms with E-state index in [1.54, 1.807) is 0 Å². The second kappa shape index (κ2) is 5.56. The summed E-state index contributed by atoms with van der Waals surface area (Å²) in [6.07, 6.45) is 1.51. The van der Waals surface area contributed by atoms with E-state index in [-0.39, 0.29) is 18.6 Å². The van der Waals surface area contributed by atoms with Gasteiger partial charge in [-0.15, -0.1) is 0 Å². The summed E-state index contributed by atoms with van der Waals surface area (Å²) in [6, 6.07) is 0. The van der Waals surface area contributed by atoms with Crippen LogP contribution in [0.5, 0.6) is 0 Å². The Bertz CT molecular complexity index is 91.6. The zero-order valence-electron chi connectivity index (χ0n) is 7.75. The van der Waals surface area contributed by atoms with Crippen LogP contribution in [0.3, 0.4) is 0 Å². The van der Waals surface area contributed by atoms with Gasteiger partial charge in [-0.1, -0.05) is 20.8 Å². The molecule has 0 aromatic carbocycles. The lowest BCUT2D eigenvalue weighted by atomic mass is 9.97. The van der Waals surface area contributed by atoms with Crippen molar-refractivity contribution in [2.45, 2.75) is 39.7 Å². The SMILES string of the molecule is CC(C)CC[C@H](O)[C@@H](C)CO. The van der Waals surface area contributed by atoms with Gasteiger partial charge in [-0.3, -0.25) is 0 Å². The summed E-state index contributed by atoms with van der Waals surface area (Å²) in [5, 5.41) is 18.1. The summed E-state index contributed by atoms with van der Waals surface area (Å²) in [4.78, 5) is 0. The van der Waals surface area contributed by atoms with Crippen LogP contribution >= 0.6 is 0 Å². The third-order valence-electron chi connectivity index (χ3n) is 1.98. The third kappa shape index (κ3) is 5.22. The largest absolute Gasteiger partial charge is 0.396 e. The molecule has 2 nitrogen and oxygen atoms in total. The van der Waals surface area contributed by atoms with E-state index in [0.29, 0.717) is 5.92 Å². The van der Waals surface area contributed by atoms with Gasteiger partial charge in [0.05, 0.1) is 6.10 Å². The highest BCUT2D eigenvalue weighted by Crippen LogP contribution is 2.12. The lowest BCUT2D eigenvalue weighted by Gasteiger charge is -2.16. The molecular formula is C9H20O2. The molecule has 68 valence electrons. The fourth-order valence-corrected chi connectivity index (χ4v) is 0.910. The molecule has 0 aliphatic carbocycles. The Labute approximate surface area is 69.2 Å². The first kappa shape index (κ1) is 10.9. The van der Waals surface area contributed by atoms with Gasteiger partial charge in [0, 0.05) is 12.5 Å². The van der Waals surface area contributed by atoms with Crippen molar-refractivity contribution in [2.75, 3.05) is 6.61 Å². The summed E-state index contributed by atoms with van der Waals surface area (Å²) >= 11 is 0. The van der Waals surface area contributed by atoms with Gasteiger partial charge >= 0.3 is 0 Å². The van der Waals surface area contributed by atoms with E-state index in [1.807, 2.05) is 6.92 Å². The van der Waals surface area contributed by atoms with Crippen molar-refractivity contribution in [3.8, 4) is 0 Å². The number of hydrogen-bond donors (Lipinski definition) is 2. The molecule has 0 aromatic rings. The van der Waals surface area contributed by atoms with Crippen LogP contribution in [0, 0.1) is 11.8 Å². The molecule has 0 saturated heterocycles. The smallest absolute Gasteiger partial charge is 0.0587 e. The first-order valence-electron chi connectivity index (χ1n) is 4.36. The Morgan fingerprint density at radius 2 is 1.64 bits per heavy atom. The van der Waals surface area contributed by atoms with Crippen molar-refractivity contribution in [1.82, 2.24) is 0 Å². The van der Waals surface area contributed by atoms with Crippen LogP contribution in [0.15, 0.2) is 0 Å². The van der Waals surface area contributed by atoms with Crippen molar-refractivity contribution in [3.63, 3.8) is 0 Å². The van der Waals surface area contributed by atoms with Crippen molar-refractivity contribution in [1.29, 1.82) is 0 Å². The molecule has 0 bridgehead atoms. The van der Waals surface area contributed by atoms with Gasteiger partial charge < -0.3 is 10.2 Å². The minimum absolute atomic E-state index is 0.0220. The van der Waals surface area contributed by atoms with Gasteiger partial charge in [0.15, 0.2) is 0 Å². The minimum Gasteiger partial charge on any atom is -0.396 e. The maximum absolute atomic E-state index is 9.41. The molecule has 0 fully saturated rings. The van der Waals surface area contributed by atoms with E-state index in [1.165, 1.54) is 0 Å². The summed E-state index contributed by atoms with van der Waals surface area (Å²) in [6.45, 7) is 6.22. The van der Waals surface area contributed by atoms with Crippen LogP contribution in [0.1, 0.15) is 33.6 Å². The maximum Gasteiger partial charge on any atom is 0.0587 e. The number of rotatable bonds is 5. The standard InChI is InChI=1S/C9H20O2/c1-7(2)4-5-9(11)8(3)6-10/h7-11H,4-6H2,1-3H3/t8-,9-/m0/s1. The van der Waals surface area contributed by atoms with E-state index in [2.05, 4.69) is 13.8 Å². The van der Waals surface area contributed by atoms with E-state index >= 15 is 0 Å². The molecule has 0 heterocycles. The van der Waals surface area contributed by atoms with Gasteiger partial charge in [0.2, 0.25) is 0 Å². The molecule has 2 N–H and O–H groups in total. The van der Waals surface area contributed by atoms with Gasteiger partial charge in [-0.2, -0.15) is 0 Å². The van der Waals surface area contributed by atoms with Crippen LogP contribution in [0.4, 0.5) is 0 Å².